The van der Waals surface area contributed by atoms with Crippen LogP contribution in [0.4, 0.5) is 11.6 Å². The predicted octanol–water partition coefficient (Wildman–Crippen LogP) is 3.75. The molecule has 0 saturated carbocycles. The molecule has 8 heteroatoms. The maximum absolute atomic E-state index is 12.3. The van der Waals surface area contributed by atoms with Gasteiger partial charge in [0.25, 0.3) is 0 Å². The number of pyridine rings is 1. The van der Waals surface area contributed by atoms with Crippen LogP contribution in [-0.4, -0.2) is 37.3 Å². The van der Waals surface area contributed by atoms with Crippen molar-refractivity contribution in [1.82, 2.24) is 24.7 Å². The van der Waals surface area contributed by atoms with E-state index < -0.39 is 5.97 Å². The minimum absolute atomic E-state index is 0.259. The molecule has 0 aliphatic heterocycles. The molecule has 0 saturated heterocycles. The zero-order valence-electron chi connectivity index (χ0n) is 16.4. The van der Waals surface area contributed by atoms with Crippen LogP contribution in [0.5, 0.6) is 0 Å². The van der Waals surface area contributed by atoms with Crippen molar-refractivity contribution >= 4 is 28.5 Å². The van der Waals surface area contributed by atoms with Crippen LogP contribution in [-0.2, 0) is 4.74 Å². The van der Waals surface area contributed by atoms with Gasteiger partial charge in [-0.05, 0) is 39.0 Å². The Labute approximate surface area is 167 Å². The Morgan fingerprint density at radius 3 is 2.79 bits per heavy atom. The number of rotatable bonds is 5. The zero-order chi connectivity index (χ0) is 20.4. The number of aryl methyl sites for hydroxylation is 2. The third-order valence-electron chi connectivity index (χ3n) is 4.28. The van der Waals surface area contributed by atoms with Crippen molar-refractivity contribution in [2.24, 2.45) is 0 Å². The van der Waals surface area contributed by atoms with Crippen LogP contribution < -0.4 is 5.32 Å². The third-order valence-corrected chi connectivity index (χ3v) is 4.28. The largest absolute Gasteiger partial charge is 0.462 e. The van der Waals surface area contributed by atoms with Crippen molar-refractivity contribution in [3.8, 4) is 5.82 Å². The summed E-state index contributed by atoms with van der Waals surface area (Å²) in [5.74, 6) is 1.70. The molecule has 8 nitrogen and oxygen atoms in total. The smallest absolute Gasteiger partial charge is 0.343 e. The lowest BCUT2D eigenvalue weighted by Gasteiger charge is -2.12. The molecule has 146 valence electrons. The molecule has 1 aromatic carbocycles. The molecule has 0 unspecified atom stereocenters. The highest BCUT2D eigenvalue weighted by Gasteiger charge is 2.18. The number of aromatic nitrogens is 5. The molecule has 0 fully saturated rings. The monoisotopic (exact) mass is 388 g/mol. The van der Waals surface area contributed by atoms with Gasteiger partial charge < -0.3 is 10.1 Å². The van der Waals surface area contributed by atoms with Gasteiger partial charge in [0.15, 0.2) is 5.82 Å². The highest BCUT2D eigenvalue weighted by atomic mass is 16.5. The van der Waals surface area contributed by atoms with Gasteiger partial charge >= 0.3 is 5.97 Å². The lowest BCUT2D eigenvalue weighted by molar-refractivity contribution is 0.0526. The number of nitrogens with one attached hydrogen (secondary N) is 1. The third kappa shape index (κ3) is 3.77. The predicted molar refractivity (Wildman–Crippen MR) is 110 cm³/mol. The van der Waals surface area contributed by atoms with Gasteiger partial charge in [0.2, 0.25) is 0 Å². The van der Waals surface area contributed by atoms with E-state index in [1.54, 1.807) is 18.5 Å². The number of hydrogen-bond donors (Lipinski definition) is 1. The number of benzene rings is 1. The molecule has 29 heavy (non-hydrogen) atoms. The van der Waals surface area contributed by atoms with E-state index >= 15 is 0 Å². The first-order valence-electron chi connectivity index (χ1n) is 9.26. The molecule has 0 amide bonds. The van der Waals surface area contributed by atoms with Crippen molar-refractivity contribution < 1.29 is 9.53 Å². The summed E-state index contributed by atoms with van der Waals surface area (Å²) < 4.78 is 6.81. The van der Waals surface area contributed by atoms with Crippen LogP contribution in [0, 0.1) is 13.8 Å². The van der Waals surface area contributed by atoms with Crippen molar-refractivity contribution in [1.29, 1.82) is 0 Å². The van der Waals surface area contributed by atoms with Crippen molar-refractivity contribution in [3.63, 3.8) is 0 Å². The number of carbonyl (C=O) groups excluding carboxylic acids is 1. The first-order valence-corrected chi connectivity index (χ1v) is 9.26. The molecule has 3 heterocycles. The van der Waals surface area contributed by atoms with Crippen molar-refractivity contribution in [3.05, 3.63) is 65.7 Å². The van der Waals surface area contributed by atoms with Gasteiger partial charge in [0.05, 0.1) is 17.8 Å². The Hall–Kier alpha value is -3.81. The quantitative estimate of drug-likeness (QED) is 0.520. The van der Waals surface area contributed by atoms with E-state index in [4.69, 9.17) is 9.72 Å². The summed E-state index contributed by atoms with van der Waals surface area (Å²) in [5, 5.41) is 8.79. The summed E-state index contributed by atoms with van der Waals surface area (Å²) in [4.78, 5) is 25.5. The Morgan fingerprint density at radius 1 is 1.14 bits per heavy atom. The van der Waals surface area contributed by atoms with E-state index in [9.17, 15) is 4.79 Å². The Bertz CT molecular complexity index is 1200. The summed E-state index contributed by atoms with van der Waals surface area (Å²) in [7, 11) is 0. The fourth-order valence-corrected chi connectivity index (χ4v) is 2.98. The van der Waals surface area contributed by atoms with Crippen molar-refractivity contribution in [2.45, 2.75) is 20.8 Å². The maximum Gasteiger partial charge on any atom is 0.343 e. The second kappa shape index (κ2) is 7.67. The lowest BCUT2D eigenvalue weighted by Crippen LogP contribution is -2.12. The van der Waals surface area contributed by atoms with Gasteiger partial charge in [-0.25, -0.2) is 19.7 Å². The summed E-state index contributed by atoms with van der Waals surface area (Å²) in [6.45, 7) is 5.67. The first-order chi connectivity index (χ1) is 14.0. The molecule has 4 rings (SSSR count). The van der Waals surface area contributed by atoms with E-state index in [1.165, 1.54) is 6.20 Å². The highest BCUT2D eigenvalue weighted by Crippen LogP contribution is 2.24. The van der Waals surface area contributed by atoms with Crippen LogP contribution in [0.2, 0.25) is 0 Å². The lowest BCUT2D eigenvalue weighted by atomic mass is 10.2. The molecular weight excluding hydrogens is 368 g/mol. The molecule has 0 atom stereocenters. The number of hydrogen-bond acceptors (Lipinski definition) is 7. The van der Waals surface area contributed by atoms with E-state index in [-0.39, 0.29) is 12.2 Å². The molecule has 4 aromatic rings. The molecule has 3 aromatic heterocycles. The second-order valence-corrected chi connectivity index (χ2v) is 6.47. The summed E-state index contributed by atoms with van der Waals surface area (Å²) >= 11 is 0. The number of esters is 1. The number of carbonyl (C=O) groups is 1. The zero-order valence-corrected chi connectivity index (χ0v) is 16.4. The highest BCUT2D eigenvalue weighted by molar-refractivity contribution is 5.95. The summed E-state index contributed by atoms with van der Waals surface area (Å²) in [5.41, 5.74) is 1.93. The van der Waals surface area contributed by atoms with E-state index in [0.29, 0.717) is 23.3 Å². The number of para-hydroxylation sites is 1. The number of nitrogens with zero attached hydrogens (tertiary/aromatic N) is 5. The van der Waals surface area contributed by atoms with Crippen molar-refractivity contribution in [2.75, 3.05) is 11.9 Å². The molecule has 0 aliphatic carbocycles. The normalized spacial score (nSPS) is 10.9. The summed E-state index contributed by atoms with van der Waals surface area (Å²) in [6, 6.07) is 13.6. The fraction of sp³-hybridized carbons (Fsp3) is 0.190. The number of anilines is 2. The topological polar surface area (TPSA) is 94.8 Å². The van der Waals surface area contributed by atoms with Crippen LogP contribution in [0.15, 0.2) is 48.7 Å². The maximum atomic E-state index is 12.3. The standard InChI is InChI=1S/C21H20N6O2/c1-4-29-21(28)16-12-22-14(3)23-20(16)25-19-11-13(2)26-27(19)18-10-9-15-7-5-6-8-17(15)24-18/h5-12H,4H2,1-3H3,(H,22,23,25). The van der Waals surface area contributed by atoms with E-state index in [0.717, 1.165) is 16.6 Å². The average molecular weight is 388 g/mol. The average Bonchev–Trinajstić information content (AvgIpc) is 3.08. The van der Waals surface area contributed by atoms with Gasteiger partial charge in [-0.2, -0.15) is 9.78 Å². The van der Waals surface area contributed by atoms with Crippen LogP contribution in [0.1, 0.15) is 28.8 Å². The van der Waals surface area contributed by atoms with Crippen LogP contribution in [0.3, 0.4) is 0 Å². The SMILES string of the molecule is CCOC(=O)c1cnc(C)nc1Nc1cc(C)nn1-c1ccc2ccccc2n1. The van der Waals surface area contributed by atoms with E-state index in [1.807, 2.05) is 49.4 Å². The molecule has 0 aliphatic rings. The number of ether oxygens (including phenoxy) is 1. The molecule has 1 N–H and O–H groups in total. The Kier molecular flexibility index (Phi) is 4.90. The van der Waals surface area contributed by atoms with Gasteiger partial charge in [-0.1, -0.05) is 18.2 Å². The van der Waals surface area contributed by atoms with Gasteiger partial charge in [-0.3, -0.25) is 0 Å². The van der Waals surface area contributed by atoms with Gasteiger partial charge in [-0.15, -0.1) is 0 Å². The Balaban J connectivity index is 1.76. The molecule has 0 bridgehead atoms. The molecular formula is C21H20N6O2. The Morgan fingerprint density at radius 2 is 1.97 bits per heavy atom. The minimum Gasteiger partial charge on any atom is -0.462 e. The minimum atomic E-state index is -0.485. The van der Waals surface area contributed by atoms with Crippen LogP contribution >= 0.6 is 0 Å². The molecule has 0 spiro atoms. The molecule has 0 radical (unpaired) electrons. The fourth-order valence-electron chi connectivity index (χ4n) is 2.98. The van der Waals surface area contributed by atoms with Gasteiger partial charge in [0, 0.05) is 17.6 Å². The van der Waals surface area contributed by atoms with Gasteiger partial charge in [0.1, 0.15) is 23.0 Å². The second-order valence-electron chi connectivity index (χ2n) is 6.47. The van der Waals surface area contributed by atoms with Crippen LogP contribution in [0.25, 0.3) is 16.7 Å². The number of fused-ring (bicyclic) bond motifs is 1. The summed E-state index contributed by atoms with van der Waals surface area (Å²) in [6.07, 6.45) is 1.46. The first kappa shape index (κ1) is 18.5. The van der Waals surface area contributed by atoms with E-state index in [2.05, 4.69) is 20.4 Å².